The number of carbonyl (C=O) groups excluding carboxylic acids is 1. The molecule has 0 bridgehead atoms. The summed E-state index contributed by atoms with van der Waals surface area (Å²) in [4.78, 5) is 15.9. The van der Waals surface area contributed by atoms with Gasteiger partial charge in [0.1, 0.15) is 6.26 Å². The summed E-state index contributed by atoms with van der Waals surface area (Å²) in [5, 5.41) is 3.11. The number of nitrogens with one attached hydrogen (secondary N) is 1. The molecule has 1 N–H and O–H groups in total. The Balaban J connectivity index is 2.14. The van der Waals surface area contributed by atoms with Crippen molar-refractivity contribution in [3.05, 3.63) is 40.7 Å². The van der Waals surface area contributed by atoms with E-state index in [0.717, 1.165) is 5.56 Å². The number of nitrogens with zero attached hydrogens (tertiary/aromatic N) is 2. The molecular formula is C12H12ClN3O2S. The van der Waals surface area contributed by atoms with Gasteiger partial charge in [-0.15, -0.1) is 0 Å². The lowest BCUT2D eigenvalue weighted by atomic mass is 10.2. The number of hydrogen-bond donors (Lipinski definition) is 2. The summed E-state index contributed by atoms with van der Waals surface area (Å²) in [7, 11) is 0. The molecule has 1 aromatic heterocycles. The van der Waals surface area contributed by atoms with Crippen LogP contribution in [-0.4, -0.2) is 11.0 Å². The van der Waals surface area contributed by atoms with Gasteiger partial charge in [-0.1, -0.05) is 24.4 Å². The van der Waals surface area contributed by atoms with Crippen LogP contribution >= 0.6 is 24.4 Å². The van der Waals surface area contributed by atoms with Crippen molar-refractivity contribution in [2.45, 2.75) is 13.8 Å². The zero-order valence-electron chi connectivity index (χ0n) is 10.3. The van der Waals surface area contributed by atoms with Crippen LogP contribution < -0.4 is 9.62 Å². The maximum absolute atomic E-state index is 12.0. The van der Waals surface area contributed by atoms with E-state index in [4.69, 9.17) is 16.0 Å². The first kappa shape index (κ1) is 13.8. The van der Waals surface area contributed by atoms with Crippen molar-refractivity contribution in [3.63, 3.8) is 0 Å². The van der Waals surface area contributed by atoms with Crippen molar-refractivity contribution in [2.75, 3.05) is 9.62 Å². The number of aryl methyl sites for hydroxylation is 2. The minimum absolute atomic E-state index is 0.133. The monoisotopic (exact) mass is 297 g/mol. The highest BCUT2D eigenvalue weighted by Gasteiger charge is 2.16. The van der Waals surface area contributed by atoms with Gasteiger partial charge < -0.3 is 4.42 Å². The second kappa shape index (κ2) is 5.54. The molecule has 2 rings (SSSR count). The SMILES string of the molecule is Cc1coc(NC(=O)N(S)c2ccc(Cl)cc2C)n1. The van der Waals surface area contributed by atoms with E-state index in [9.17, 15) is 4.79 Å². The van der Waals surface area contributed by atoms with Crippen molar-refractivity contribution < 1.29 is 9.21 Å². The maximum Gasteiger partial charge on any atom is 0.339 e. The molecule has 7 heteroatoms. The molecule has 5 nitrogen and oxygen atoms in total. The van der Waals surface area contributed by atoms with Crippen molar-refractivity contribution in [1.82, 2.24) is 4.98 Å². The Labute approximate surface area is 121 Å². The van der Waals surface area contributed by atoms with Crippen LogP contribution in [0.1, 0.15) is 11.3 Å². The number of hydrogen-bond acceptors (Lipinski definition) is 4. The summed E-state index contributed by atoms with van der Waals surface area (Å²) >= 11 is 10.0. The average Bonchev–Trinajstić information content (AvgIpc) is 2.74. The van der Waals surface area contributed by atoms with E-state index in [0.29, 0.717) is 16.4 Å². The molecule has 1 aromatic carbocycles. The molecule has 0 saturated heterocycles. The Hall–Kier alpha value is -1.66. The van der Waals surface area contributed by atoms with Crippen LogP contribution in [0.15, 0.2) is 28.9 Å². The first-order chi connectivity index (χ1) is 8.97. The van der Waals surface area contributed by atoms with Crippen molar-refractivity contribution in [3.8, 4) is 0 Å². The third-order valence-corrected chi connectivity index (χ3v) is 3.04. The van der Waals surface area contributed by atoms with E-state index in [1.165, 1.54) is 10.6 Å². The summed E-state index contributed by atoms with van der Waals surface area (Å²) < 4.78 is 6.22. The van der Waals surface area contributed by atoms with Crippen LogP contribution in [0.25, 0.3) is 0 Å². The van der Waals surface area contributed by atoms with Crippen LogP contribution in [0.4, 0.5) is 16.5 Å². The Morgan fingerprint density at radius 2 is 2.21 bits per heavy atom. The maximum atomic E-state index is 12.0. The molecule has 100 valence electrons. The van der Waals surface area contributed by atoms with Gasteiger partial charge in [0.15, 0.2) is 0 Å². The van der Waals surface area contributed by atoms with Crippen molar-refractivity contribution >= 4 is 42.1 Å². The molecule has 2 amide bonds. The molecule has 0 aliphatic rings. The highest BCUT2D eigenvalue weighted by molar-refractivity contribution is 7.82. The van der Waals surface area contributed by atoms with Crippen molar-refractivity contribution in [1.29, 1.82) is 0 Å². The largest absolute Gasteiger partial charge is 0.432 e. The van der Waals surface area contributed by atoms with Gasteiger partial charge in [0, 0.05) is 5.02 Å². The molecule has 0 spiro atoms. The number of carbonyl (C=O) groups is 1. The number of halogens is 1. The third-order valence-electron chi connectivity index (χ3n) is 2.41. The molecule has 0 fully saturated rings. The fourth-order valence-corrected chi connectivity index (χ4v) is 2.02. The fourth-order valence-electron chi connectivity index (χ4n) is 1.52. The first-order valence-corrected chi connectivity index (χ1v) is 6.23. The Kier molecular flexibility index (Phi) is 4.01. The van der Waals surface area contributed by atoms with Crippen LogP contribution in [0.2, 0.25) is 5.02 Å². The van der Waals surface area contributed by atoms with E-state index in [1.807, 2.05) is 6.92 Å². The molecule has 0 aliphatic heterocycles. The van der Waals surface area contributed by atoms with Gasteiger partial charge in [0.2, 0.25) is 0 Å². The van der Waals surface area contributed by atoms with Gasteiger partial charge in [0.05, 0.1) is 11.4 Å². The molecule has 0 atom stereocenters. The van der Waals surface area contributed by atoms with Gasteiger partial charge in [-0.2, -0.15) is 4.98 Å². The normalized spacial score (nSPS) is 10.3. The van der Waals surface area contributed by atoms with Crippen LogP contribution in [0, 0.1) is 13.8 Å². The number of rotatable bonds is 2. The summed E-state index contributed by atoms with van der Waals surface area (Å²) in [5.74, 6) is 0. The minimum Gasteiger partial charge on any atom is -0.432 e. The smallest absolute Gasteiger partial charge is 0.339 e. The van der Waals surface area contributed by atoms with Gasteiger partial charge in [0.25, 0.3) is 0 Å². The molecule has 0 unspecified atom stereocenters. The predicted octanol–water partition coefficient (Wildman–Crippen LogP) is 3.83. The Morgan fingerprint density at radius 3 is 2.79 bits per heavy atom. The number of oxazole rings is 1. The molecular weight excluding hydrogens is 286 g/mol. The number of urea groups is 1. The Morgan fingerprint density at radius 1 is 1.47 bits per heavy atom. The quantitative estimate of drug-likeness (QED) is 0.828. The van der Waals surface area contributed by atoms with Gasteiger partial charge in [-0.05, 0) is 37.6 Å². The molecule has 19 heavy (non-hydrogen) atoms. The second-order valence-electron chi connectivity index (χ2n) is 3.97. The summed E-state index contributed by atoms with van der Waals surface area (Å²) in [5.41, 5.74) is 2.15. The van der Waals surface area contributed by atoms with Crippen molar-refractivity contribution in [2.24, 2.45) is 0 Å². The van der Waals surface area contributed by atoms with Gasteiger partial charge >= 0.3 is 12.0 Å². The molecule has 1 heterocycles. The zero-order valence-corrected chi connectivity index (χ0v) is 12.0. The van der Waals surface area contributed by atoms with E-state index in [2.05, 4.69) is 23.1 Å². The summed E-state index contributed by atoms with van der Waals surface area (Å²) in [6.45, 7) is 3.61. The predicted molar refractivity (Wildman–Crippen MR) is 77.9 cm³/mol. The fraction of sp³-hybridized carbons (Fsp3) is 0.167. The molecule has 0 saturated carbocycles. The van der Waals surface area contributed by atoms with Crippen LogP contribution in [-0.2, 0) is 0 Å². The lowest BCUT2D eigenvalue weighted by Gasteiger charge is -2.17. The Bertz CT molecular complexity index is 615. The van der Waals surface area contributed by atoms with E-state index in [1.54, 1.807) is 25.1 Å². The second-order valence-corrected chi connectivity index (χ2v) is 4.80. The highest BCUT2D eigenvalue weighted by atomic mass is 35.5. The number of amides is 2. The van der Waals surface area contributed by atoms with E-state index in [-0.39, 0.29) is 6.01 Å². The highest BCUT2D eigenvalue weighted by Crippen LogP contribution is 2.25. The third kappa shape index (κ3) is 3.21. The van der Waals surface area contributed by atoms with Crippen LogP contribution in [0.3, 0.4) is 0 Å². The zero-order chi connectivity index (χ0) is 14.0. The summed E-state index contributed by atoms with van der Waals surface area (Å²) in [6.07, 6.45) is 1.45. The molecule has 0 radical (unpaired) electrons. The lowest BCUT2D eigenvalue weighted by Crippen LogP contribution is -2.27. The molecule has 2 aromatic rings. The lowest BCUT2D eigenvalue weighted by molar-refractivity contribution is 0.259. The van der Waals surface area contributed by atoms with E-state index < -0.39 is 6.03 Å². The molecule has 0 aliphatic carbocycles. The van der Waals surface area contributed by atoms with Crippen LogP contribution in [0.5, 0.6) is 0 Å². The topological polar surface area (TPSA) is 58.4 Å². The van der Waals surface area contributed by atoms with E-state index >= 15 is 0 Å². The number of anilines is 2. The van der Waals surface area contributed by atoms with Gasteiger partial charge in [-0.25, -0.2) is 9.10 Å². The number of thiol groups is 1. The summed E-state index contributed by atoms with van der Waals surface area (Å²) in [6, 6.07) is 4.83. The standard InChI is InChI=1S/C12H12ClN3O2S/c1-7-5-9(13)3-4-10(7)16(19)12(17)15-11-14-8(2)6-18-11/h3-6,19H,1-2H3,(H,14,15,17). The minimum atomic E-state index is -0.462. The number of benzene rings is 1. The average molecular weight is 298 g/mol. The first-order valence-electron chi connectivity index (χ1n) is 5.45. The van der Waals surface area contributed by atoms with Gasteiger partial charge in [-0.3, -0.25) is 5.32 Å². The number of aromatic nitrogens is 1.